The first-order valence-electron chi connectivity index (χ1n) is 3.39. The van der Waals surface area contributed by atoms with Crippen LogP contribution in [0.4, 0.5) is 0 Å². The molecule has 1 aromatic rings. The maximum atomic E-state index is 10.7. The fourth-order valence-electron chi connectivity index (χ4n) is 0.631. The smallest absolute Gasteiger partial charge is 0.329 e. The zero-order valence-electron chi connectivity index (χ0n) is 6.81. The maximum Gasteiger partial charge on any atom is 0.363 e. The Kier molecular flexibility index (Phi) is 3.50. The molecule has 4 nitrogen and oxygen atoms in total. The van der Waals surface area contributed by atoms with E-state index in [0.717, 1.165) is 11.1 Å². The second-order valence-electron chi connectivity index (χ2n) is 2.42. The van der Waals surface area contributed by atoms with Gasteiger partial charge < -0.3 is 9.78 Å². The molecule has 0 bridgehead atoms. The van der Waals surface area contributed by atoms with Crippen LogP contribution < -0.4 is 4.89 Å². The van der Waals surface area contributed by atoms with Gasteiger partial charge in [-0.1, -0.05) is 22.0 Å². The maximum absolute atomic E-state index is 10.7. The molecule has 0 fully saturated rings. The Bertz CT molecular complexity index is 335. The Hall–Kier alpha value is -0.350. The molecule has 1 unspecified atom stereocenters. The van der Waals surface area contributed by atoms with Crippen molar-refractivity contribution >= 4 is 23.5 Å². The number of benzene rings is 1. The molecule has 1 N–H and O–H groups in total. The summed E-state index contributed by atoms with van der Waals surface area (Å²) in [6.07, 6.45) is 0. The zero-order chi connectivity index (χ0) is 9.90. The molecule has 0 aliphatic heterocycles. The van der Waals surface area contributed by atoms with E-state index in [-0.39, 0.29) is 0 Å². The van der Waals surface area contributed by atoms with Crippen molar-refractivity contribution in [3.63, 3.8) is 0 Å². The molecule has 1 rings (SSSR count). The van der Waals surface area contributed by atoms with Gasteiger partial charge in [0.05, 0.1) is 0 Å². The first-order chi connectivity index (χ1) is 5.97. The van der Waals surface area contributed by atoms with Crippen molar-refractivity contribution in [1.82, 2.24) is 0 Å². The lowest BCUT2D eigenvalue weighted by Gasteiger charge is -2.06. The highest BCUT2D eigenvalue weighted by molar-refractivity contribution is 9.10. The Balaban J connectivity index is 2.60. The van der Waals surface area contributed by atoms with Crippen molar-refractivity contribution < 1.29 is 19.0 Å². The van der Waals surface area contributed by atoms with Crippen LogP contribution >= 0.6 is 23.5 Å². The Morgan fingerprint density at radius 2 is 2.23 bits per heavy atom. The number of hydrogen-bond acceptors (Lipinski definition) is 3. The summed E-state index contributed by atoms with van der Waals surface area (Å²) in [6.45, 7) is 1.05. The molecule has 0 radical (unpaired) electrons. The molecule has 0 aromatic heterocycles. The summed E-state index contributed by atoms with van der Waals surface area (Å²) < 4.78 is 15.7. The van der Waals surface area contributed by atoms with Crippen LogP contribution in [0.3, 0.4) is 0 Å². The van der Waals surface area contributed by atoms with Crippen LogP contribution in [0.5, 0.6) is 5.75 Å². The van der Waals surface area contributed by atoms with E-state index in [1.807, 2.05) is 0 Å². The highest BCUT2D eigenvalue weighted by Gasteiger charge is 2.12. The molecular weight excluding hydrogens is 259 g/mol. The molecular formula is C7H8BrO4P. The predicted molar refractivity (Wildman–Crippen MR) is 51.6 cm³/mol. The summed E-state index contributed by atoms with van der Waals surface area (Å²) in [7, 11) is -3.58. The molecule has 1 aromatic carbocycles. The summed E-state index contributed by atoms with van der Waals surface area (Å²) in [5, 5.41) is 0. The number of hydrogen-bond donors (Lipinski definition) is 1. The Morgan fingerprint density at radius 3 is 2.77 bits per heavy atom. The lowest BCUT2D eigenvalue weighted by molar-refractivity contribution is -0.107. The fraction of sp³-hybridized carbons (Fsp3) is 0.143. The molecule has 0 heterocycles. The second-order valence-corrected chi connectivity index (χ2v) is 5.09. The number of rotatable bonds is 3. The quantitative estimate of drug-likeness (QED) is 0.519. The molecule has 6 heteroatoms. The normalized spacial score (nSPS) is 15.0. The third-order valence-corrected chi connectivity index (χ3v) is 1.91. The van der Waals surface area contributed by atoms with Crippen molar-refractivity contribution in [1.29, 1.82) is 0 Å². The third-order valence-electron chi connectivity index (χ3n) is 1.07. The van der Waals surface area contributed by atoms with E-state index in [2.05, 4.69) is 25.5 Å². The SMILES string of the molecule is CP(=O)(O)OOc1cccc(Br)c1. The van der Waals surface area contributed by atoms with Crippen LogP contribution in [0.2, 0.25) is 0 Å². The van der Waals surface area contributed by atoms with E-state index < -0.39 is 7.60 Å². The minimum absolute atomic E-state index is 0.366. The fourth-order valence-corrected chi connectivity index (χ4v) is 1.23. The first-order valence-corrected chi connectivity index (χ1v) is 6.21. The van der Waals surface area contributed by atoms with Crippen LogP contribution in [-0.2, 0) is 9.24 Å². The van der Waals surface area contributed by atoms with Crippen LogP contribution in [0.15, 0.2) is 28.7 Å². The highest BCUT2D eigenvalue weighted by atomic mass is 79.9. The zero-order valence-corrected chi connectivity index (χ0v) is 9.29. The third kappa shape index (κ3) is 4.43. The van der Waals surface area contributed by atoms with Gasteiger partial charge in [-0.2, -0.15) is 0 Å². The molecule has 72 valence electrons. The molecule has 13 heavy (non-hydrogen) atoms. The van der Waals surface area contributed by atoms with Crippen LogP contribution in [0, 0.1) is 0 Å². The van der Waals surface area contributed by atoms with E-state index in [9.17, 15) is 4.57 Å². The lowest BCUT2D eigenvalue weighted by atomic mass is 10.3. The van der Waals surface area contributed by atoms with E-state index in [4.69, 9.17) is 4.89 Å². The molecule has 1 atom stereocenters. The second kappa shape index (κ2) is 4.24. The highest BCUT2D eigenvalue weighted by Crippen LogP contribution is 2.37. The van der Waals surface area contributed by atoms with Gasteiger partial charge in [-0.05, 0) is 18.2 Å². The molecule has 0 aliphatic carbocycles. The molecule has 0 aliphatic rings. The topological polar surface area (TPSA) is 55.8 Å². The summed E-state index contributed by atoms with van der Waals surface area (Å²) in [5.74, 6) is 0.366. The summed E-state index contributed by atoms with van der Waals surface area (Å²) in [5.41, 5.74) is 0. The summed E-state index contributed by atoms with van der Waals surface area (Å²) in [6, 6.07) is 6.76. The minimum Gasteiger partial charge on any atom is -0.329 e. The van der Waals surface area contributed by atoms with E-state index in [1.165, 1.54) is 0 Å². The molecule has 0 saturated heterocycles. The van der Waals surface area contributed by atoms with Gasteiger partial charge in [-0.15, -0.1) is 4.67 Å². The van der Waals surface area contributed by atoms with Gasteiger partial charge in [-0.3, -0.25) is 4.57 Å². The van der Waals surface area contributed by atoms with Crippen LogP contribution in [0.1, 0.15) is 0 Å². The van der Waals surface area contributed by atoms with Crippen molar-refractivity contribution in [2.24, 2.45) is 0 Å². The summed E-state index contributed by atoms with van der Waals surface area (Å²) >= 11 is 3.22. The van der Waals surface area contributed by atoms with E-state index in [1.54, 1.807) is 24.3 Å². The monoisotopic (exact) mass is 266 g/mol. The van der Waals surface area contributed by atoms with Crippen molar-refractivity contribution in [2.75, 3.05) is 6.66 Å². The first kappa shape index (κ1) is 10.7. The molecule has 0 amide bonds. The van der Waals surface area contributed by atoms with Gasteiger partial charge in [0.2, 0.25) is 0 Å². The van der Waals surface area contributed by atoms with Crippen molar-refractivity contribution in [3.8, 4) is 5.75 Å². The largest absolute Gasteiger partial charge is 0.363 e. The van der Waals surface area contributed by atoms with Gasteiger partial charge in [0.1, 0.15) is 0 Å². The minimum atomic E-state index is -3.58. The predicted octanol–water partition coefficient (Wildman–Crippen LogP) is 2.57. The van der Waals surface area contributed by atoms with Gasteiger partial charge in [0.15, 0.2) is 5.75 Å². The van der Waals surface area contributed by atoms with Crippen molar-refractivity contribution in [2.45, 2.75) is 0 Å². The van der Waals surface area contributed by atoms with Gasteiger partial charge in [0.25, 0.3) is 0 Å². The Labute approximate surface area is 84.1 Å². The summed E-state index contributed by atoms with van der Waals surface area (Å²) in [4.78, 5) is 13.4. The van der Waals surface area contributed by atoms with Crippen LogP contribution in [0.25, 0.3) is 0 Å². The Morgan fingerprint density at radius 1 is 1.54 bits per heavy atom. The van der Waals surface area contributed by atoms with Gasteiger partial charge in [-0.25, -0.2) is 0 Å². The van der Waals surface area contributed by atoms with Gasteiger partial charge in [0, 0.05) is 11.1 Å². The average molecular weight is 267 g/mol. The van der Waals surface area contributed by atoms with Gasteiger partial charge >= 0.3 is 7.60 Å². The number of halogens is 1. The van der Waals surface area contributed by atoms with Crippen molar-refractivity contribution in [3.05, 3.63) is 28.7 Å². The van der Waals surface area contributed by atoms with E-state index in [0.29, 0.717) is 5.75 Å². The standard InChI is InChI=1S/C7H8BrO4P/c1-13(9,10)12-11-7-4-2-3-6(8)5-7/h2-5H,1H3,(H,9,10). The molecule has 0 saturated carbocycles. The lowest BCUT2D eigenvalue weighted by Crippen LogP contribution is -1.93. The average Bonchev–Trinajstić information content (AvgIpc) is 2.00. The van der Waals surface area contributed by atoms with Crippen LogP contribution in [-0.4, -0.2) is 11.6 Å². The molecule has 0 spiro atoms. The van der Waals surface area contributed by atoms with E-state index >= 15 is 0 Å².